The molecule has 12 heavy (non-hydrogen) atoms. The van der Waals surface area contributed by atoms with Crippen LogP contribution >= 0.6 is 27.3 Å². The van der Waals surface area contributed by atoms with Crippen molar-refractivity contribution in [1.82, 2.24) is 0 Å². The van der Waals surface area contributed by atoms with Gasteiger partial charge in [0.15, 0.2) is 0 Å². The van der Waals surface area contributed by atoms with E-state index in [1.165, 1.54) is 40.6 Å². The minimum atomic E-state index is 0.679. The van der Waals surface area contributed by atoms with E-state index in [9.17, 15) is 0 Å². The van der Waals surface area contributed by atoms with E-state index in [2.05, 4.69) is 15.9 Å². The second-order valence-corrected chi connectivity index (χ2v) is 5.13. The summed E-state index contributed by atoms with van der Waals surface area (Å²) in [6.07, 6.45) is 5.20. The van der Waals surface area contributed by atoms with E-state index in [1.807, 2.05) is 11.3 Å². The van der Waals surface area contributed by atoms with Crippen molar-refractivity contribution < 1.29 is 0 Å². The fraction of sp³-hybridized carbons (Fsp3) is 0.556. The monoisotopic (exact) mass is 245 g/mol. The molecule has 2 rings (SSSR count). The maximum atomic E-state index is 5.64. The van der Waals surface area contributed by atoms with Gasteiger partial charge >= 0.3 is 0 Å². The summed E-state index contributed by atoms with van der Waals surface area (Å²) >= 11 is 5.52. The Hall–Kier alpha value is 0.140. The highest BCUT2D eigenvalue weighted by atomic mass is 79.9. The quantitative estimate of drug-likeness (QED) is 0.810. The molecular weight excluding hydrogens is 234 g/mol. The zero-order chi connectivity index (χ0) is 8.55. The molecule has 1 aliphatic rings. The maximum absolute atomic E-state index is 5.64. The summed E-state index contributed by atoms with van der Waals surface area (Å²) < 4.78 is 1.30. The summed E-state index contributed by atoms with van der Waals surface area (Å²) in [5, 5.41) is 0. The molecule has 0 saturated carbocycles. The summed E-state index contributed by atoms with van der Waals surface area (Å²) in [5.41, 5.74) is 7.18. The lowest BCUT2D eigenvalue weighted by Crippen LogP contribution is -1.98. The Kier molecular flexibility index (Phi) is 2.53. The standard InChI is InChI=1S/C9H12BrNS/c10-9-6-3-1-2-4-7(6)12-8(9)5-11/h1-5,11H2. The molecular formula is C9H12BrNS. The molecule has 1 aromatic rings. The predicted octanol–water partition coefficient (Wildman–Crippen LogP) is 2.85. The highest BCUT2D eigenvalue weighted by Gasteiger charge is 2.17. The third kappa shape index (κ3) is 1.34. The van der Waals surface area contributed by atoms with Gasteiger partial charge in [-0.05, 0) is 47.2 Å². The van der Waals surface area contributed by atoms with Crippen molar-refractivity contribution in [2.45, 2.75) is 32.2 Å². The normalized spacial score (nSPS) is 16.2. The number of hydrogen-bond acceptors (Lipinski definition) is 2. The van der Waals surface area contributed by atoms with E-state index >= 15 is 0 Å². The average Bonchev–Trinajstić information content (AvgIpc) is 2.44. The molecule has 1 heterocycles. The third-order valence-corrected chi connectivity index (χ3v) is 4.89. The first-order valence-corrected chi connectivity index (χ1v) is 5.93. The molecule has 0 atom stereocenters. The van der Waals surface area contributed by atoms with Gasteiger partial charge in [-0.1, -0.05) is 0 Å². The SMILES string of the molecule is NCc1sc2c(c1Br)CCCC2. The van der Waals surface area contributed by atoms with Crippen LogP contribution < -0.4 is 5.73 Å². The van der Waals surface area contributed by atoms with Crippen LogP contribution in [0.4, 0.5) is 0 Å². The van der Waals surface area contributed by atoms with Crippen LogP contribution in [0.15, 0.2) is 4.47 Å². The predicted molar refractivity (Wildman–Crippen MR) is 56.6 cm³/mol. The van der Waals surface area contributed by atoms with Gasteiger partial charge in [0.2, 0.25) is 0 Å². The number of halogens is 1. The molecule has 0 radical (unpaired) electrons. The lowest BCUT2D eigenvalue weighted by atomic mass is 9.99. The summed E-state index contributed by atoms with van der Waals surface area (Å²) in [6, 6.07) is 0. The highest BCUT2D eigenvalue weighted by molar-refractivity contribution is 9.10. The van der Waals surface area contributed by atoms with Crippen molar-refractivity contribution in [2.24, 2.45) is 5.73 Å². The third-order valence-electron chi connectivity index (χ3n) is 2.36. The van der Waals surface area contributed by atoms with E-state index in [4.69, 9.17) is 5.73 Å². The van der Waals surface area contributed by atoms with Crippen LogP contribution in [-0.4, -0.2) is 0 Å². The molecule has 66 valence electrons. The highest BCUT2D eigenvalue weighted by Crippen LogP contribution is 2.37. The van der Waals surface area contributed by atoms with Crippen molar-refractivity contribution in [2.75, 3.05) is 0 Å². The van der Waals surface area contributed by atoms with E-state index < -0.39 is 0 Å². The number of aryl methyl sites for hydroxylation is 1. The summed E-state index contributed by atoms with van der Waals surface area (Å²) in [5.74, 6) is 0. The van der Waals surface area contributed by atoms with Crippen LogP contribution in [0.3, 0.4) is 0 Å². The van der Waals surface area contributed by atoms with Crippen molar-refractivity contribution in [3.05, 3.63) is 19.8 Å². The van der Waals surface area contributed by atoms with Crippen LogP contribution in [0.5, 0.6) is 0 Å². The van der Waals surface area contributed by atoms with Crippen molar-refractivity contribution >= 4 is 27.3 Å². The Morgan fingerprint density at radius 2 is 2.08 bits per heavy atom. The van der Waals surface area contributed by atoms with Gasteiger partial charge in [-0.15, -0.1) is 11.3 Å². The molecule has 0 aromatic carbocycles. The lowest BCUT2D eigenvalue weighted by Gasteiger charge is -2.09. The van der Waals surface area contributed by atoms with E-state index in [0.717, 1.165) is 0 Å². The smallest absolute Gasteiger partial charge is 0.0362 e. The first-order valence-electron chi connectivity index (χ1n) is 4.32. The van der Waals surface area contributed by atoms with E-state index in [-0.39, 0.29) is 0 Å². The second-order valence-electron chi connectivity index (χ2n) is 3.15. The number of nitrogens with two attached hydrogens (primary N) is 1. The zero-order valence-corrected chi connectivity index (χ0v) is 9.30. The van der Waals surface area contributed by atoms with Gasteiger partial charge in [0.1, 0.15) is 0 Å². The molecule has 0 aliphatic heterocycles. The van der Waals surface area contributed by atoms with E-state index in [1.54, 1.807) is 4.88 Å². The van der Waals surface area contributed by atoms with Crippen LogP contribution in [-0.2, 0) is 19.4 Å². The van der Waals surface area contributed by atoms with Crippen molar-refractivity contribution in [3.63, 3.8) is 0 Å². The van der Waals surface area contributed by atoms with Crippen LogP contribution in [0.1, 0.15) is 28.2 Å². The van der Waals surface area contributed by atoms with Gasteiger partial charge in [-0.3, -0.25) is 0 Å². The Morgan fingerprint density at radius 3 is 2.75 bits per heavy atom. The van der Waals surface area contributed by atoms with Crippen molar-refractivity contribution in [1.29, 1.82) is 0 Å². The summed E-state index contributed by atoms with van der Waals surface area (Å²) in [4.78, 5) is 2.88. The van der Waals surface area contributed by atoms with Gasteiger partial charge < -0.3 is 5.73 Å². The minimum absolute atomic E-state index is 0.679. The molecule has 0 fully saturated rings. The zero-order valence-electron chi connectivity index (χ0n) is 6.90. The van der Waals surface area contributed by atoms with Gasteiger partial charge in [-0.25, -0.2) is 0 Å². The lowest BCUT2D eigenvalue weighted by molar-refractivity contribution is 0.695. The molecule has 2 N–H and O–H groups in total. The molecule has 0 spiro atoms. The first-order chi connectivity index (χ1) is 5.83. The number of rotatable bonds is 1. The molecule has 1 aliphatic carbocycles. The summed E-state index contributed by atoms with van der Waals surface area (Å²) in [6.45, 7) is 0.679. The number of thiophene rings is 1. The van der Waals surface area contributed by atoms with Crippen LogP contribution in [0, 0.1) is 0 Å². The molecule has 1 nitrogen and oxygen atoms in total. The van der Waals surface area contributed by atoms with Gasteiger partial charge in [0.25, 0.3) is 0 Å². The maximum Gasteiger partial charge on any atom is 0.0362 e. The number of hydrogen-bond donors (Lipinski definition) is 1. The van der Waals surface area contributed by atoms with Gasteiger partial charge in [0, 0.05) is 20.8 Å². The second kappa shape index (κ2) is 3.48. The molecule has 0 amide bonds. The Labute approximate surface area is 85.1 Å². The van der Waals surface area contributed by atoms with Crippen LogP contribution in [0.25, 0.3) is 0 Å². The topological polar surface area (TPSA) is 26.0 Å². The fourth-order valence-corrected chi connectivity index (χ4v) is 3.86. The molecule has 3 heteroatoms. The van der Waals surface area contributed by atoms with Crippen LogP contribution in [0.2, 0.25) is 0 Å². The summed E-state index contributed by atoms with van der Waals surface area (Å²) in [7, 11) is 0. The van der Waals surface area contributed by atoms with Crippen molar-refractivity contribution in [3.8, 4) is 0 Å². The minimum Gasteiger partial charge on any atom is -0.326 e. The van der Waals surface area contributed by atoms with Gasteiger partial charge in [0.05, 0.1) is 0 Å². The molecule has 0 bridgehead atoms. The first kappa shape index (κ1) is 8.73. The molecule has 0 saturated heterocycles. The Morgan fingerprint density at radius 1 is 1.33 bits per heavy atom. The Balaban J connectivity index is 2.44. The fourth-order valence-electron chi connectivity index (χ4n) is 1.72. The molecule has 0 unspecified atom stereocenters. The van der Waals surface area contributed by atoms with Gasteiger partial charge in [-0.2, -0.15) is 0 Å². The largest absolute Gasteiger partial charge is 0.326 e. The molecule has 1 aromatic heterocycles. The van der Waals surface area contributed by atoms with E-state index in [0.29, 0.717) is 6.54 Å². The Bertz CT molecular complexity index is 293. The number of fused-ring (bicyclic) bond motifs is 1. The average molecular weight is 246 g/mol.